The number of hydrogen-bond donors (Lipinski definition) is 1. The summed E-state index contributed by atoms with van der Waals surface area (Å²) in [5.41, 5.74) is 0.720. The third-order valence-electron chi connectivity index (χ3n) is 2.65. The molecule has 5 nitrogen and oxygen atoms in total. The van der Waals surface area contributed by atoms with Crippen molar-refractivity contribution in [3.8, 4) is 0 Å². The van der Waals surface area contributed by atoms with Crippen LogP contribution in [-0.2, 0) is 6.42 Å². The number of aliphatic hydroxyl groups is 1. The molecule has 2 heterocycles. The van der Waals surface area contributed by atoms with Gasteiger partial charge in [-0.3, -0.25) is 0 Å². The van der Waals surface area contributed by atoms with E-state index in [-0.39, 0.29) is 6.04 Å². The highest BCUT2D eigenvalue weighted by molar-refractivity contribution is 6.29. The van der Waals surface area contributed by atoms with Gasteiger partial charge in [-0.25, -0.2) is 14.6 Å². The Hall–Kier alpha value is -1.46. The summed E-state index contributed by atoms with van der Waals surface area (Å²) in [6.07, 6.45) is 2.82. The molecule has 1 unspecified atom stereocenters. The van der Waals surface area contributed by atoms with Crippen molar-refractivity contribution in [3.05, 3.63) is 41.2 Å². The Bertz CT molecular complexity index is 509. The van der Waals surface area contributed by atoms with E-state index in [9.17, 15) is 5.11 Å². The maximum atomic E-state index is 10.1. The van der Waals surface area contributed by atoms with Gasteiger partial charge < -0.3 is 5.11 Å². The van der Waals surface area contributed by atoms with Crippen LogP contribution in [0.25, 0.3) is 0 Å². The van der Waals surface area contributed by atoms with Crippen LogP contribution in [0.15, 0.2) is 24.7 Å². The van der Waals surface area contributed by atoms with Crippen LogP contribution < -0.4 is 0 Å². The molecule has 0 fully saturated rings. The number of hydrogen-bond acceptors (Lipinski definition) is 4. The molecular weight excluding hydrogens is 252 g/mol. The SMILES string of the molecule is CC(C)n1ncnc1CC(O)c1ccc(Cl)nc1. The molecule has 6 heteroatoms. The van der Waals surface area contributed by atoms with Gasteiger partial charge in [-0.05, 0) is 25.5 Å². The molecule has 2 aromatic heterocycles. The monoisotopic (exact) mass is 266 g/mol. The Kier molecular flexibility index (Phi) is 3.93. The fourth-order valence-corrected chi connectivity index (χ4v) is 1.84. The lowest BCUT2D eigenvalue weighted by atomic mass is 10.1. The molecule has 0 bridgehead atoms. The lowest BCUT2D eigenvalue weighted by molar-refractivity contribution is 0.173. The summed E-state index contributed by atoms with van der Waals surface area (Å²) < 4.78 is 1.80. The van der Waals surface area contributed by atoms with Gasteiger partial charge in [-0.1, -0.05) is 17.7 Å². The van der Waals surface area contributed by atoms with Crippen LogP contribution in [0.1, 0.15) is 37.4 Å². The largest absolute Gasteiger partial charge is 0.388 e. The van der Waals surface area contributed by atoms with Crippen molar-refractivity contribution in [3.63, 3.8) is 0 Å². The first-order valence-corrected chi connectivity index (χ1v) is 6.13. The predicted octanol–water partition coefficient (Wildman–Crippen LogP) is 2.18. The minimum atomic E-state index is -0.656. The van der Waals surface area contributed by atoms with Gasteiger partial charge in [-0.2, -0.15) is 5.10 Å². The second kappa shape index (κ2) is 5.46. The van der Waals surface area contributed by atoms with E-state index in [1.807, 2.05) is 13.8 Å². The molecule has 2 rings (SSSR count). The number of halogens is 1. The topological polar surface area (TPSA) is 63.8 Å². The number of nitrogens with zero attached hydrogens (tertiary/aromatic N) is 4. The van der Waals surface area contributed by atoms with Crippen molar-refractivity contribution < 1.29 is 5.11 Å². The van der Waals surface area contributed by atoms with Crippen molar-refractivity contribution in [2.24, 2.45) is 0 Å². The zero-order chi connectivity index (χ0) is 13.1. The predicted molar refractivity (Wildman–Crippen MR) is 68.3 cm³/mol. The fraction of sp³-hybridized carbons (Fsp3) is 0.417. The van der Waals surface area contributed by atoms with Crippen LogP contribution in [-0.4, -0.2) is 24.9 Å². The number of aliphatic hydroxyl groups excluding tert-OH is 1. The average molecular weight is 267 g/mol. The van der Waals surface area contributed by atoms with E-state index in [0.29, 0.717) is 11.6 Å². The molecule has 2 aromatic rings. The maximum absolute atomic E-state index is 10.1. The summed E-state index contributed by atoms with van der Waals surface area (Å²) in [7, 11) is 0. The molecular formula is C12H15ClN4O. The third kappa shape index (κ3) is 2.86. The van der Waals surface area contributed by atoms with E-state index in [1.54, 1.807) is 23.0 Å². The van der Waals surface area contributed by atoms with Crippen LogP contribution in [0.4, 0.5) is 0 Å². The Morgan fingerprint density at radius 3 is 2.72 bits per heavy atom. The molecule has 96 valence electrons. The van der Waals surface area contributed by atoms with Gasteiger partial charge >= 0.3 is 0 Å². The molecule has 1 N–H and O–H groups in total. The Morgan fingerprint density at radius 1 is 1.33 bits per heavy atom. The van der Waals surface area contributed by atoms with E-state index in [4.69, 9.17) is 11.6 Å². The molecule has 0 saturated heterocycles. The summed E-state index contributed by atoms with van der Waals surface area (Å²) in [4.78, 5) is 8.12. The van der Waals surface area contributed by atoms with Gasteiger partial charge in [0.05, 0.1) is 6.10 Å². The van der Waals surface area contributed by atoms with E-state index in [2.05, 4.69) is 15.1 Å². The van der Waals surface area contributed by atoms with Crippen LogP contribution in [0, 0.1) is 0 Å². The van der Waals surface area contributed by atoms with Crippen LogP contribution >= 0.6 is 11.6 Å². The molecule has 0 saturated carbocycles. The van der Waals surface area contributed by atoms with Crippen LogP contribution in [0.2, 0.25) is 5.15 Å². The Morgan fingerprint density at radius 2 is 2.11 bits per heavy atom. The van der Waals surface area contributed by atoms with E-state index in [1.165, 1.54) is 6.33 Å². The van der Waals surface area contributed by atoms with Crippen molar-refractivity contribution in [1.82, 2.24) is 19.7 Å². The second-order valence-electron chi connectivity index (χ2n) is 4.35. The first-order chi connectivity index (χ1) is 8.58. The summed E-state index contributed by atoms with van der Waals surface area (Å²) in [6.45, 7) is 4.04. The average Bonchev–Trinajstić information content (AvgIpc) is 2.78. The van der Waals surface area contributed by atoms with Gasteiger partial charge in [0.25, 0.3) is 0 Å². The van der Waals surface area contributed by atoms with E-state index < -0.39 is 6.10 Å². The molecule has 18 heavy (non-hydrogen) atoms. The maximum Gasteiger partial charge on any atom is 0.138 e. The highest BCUT2D eigenvalue weighted by atomic mass is 35.5. The number of pyridine rings is 1. The van der Waals surface area contributed by atoms with Crippen molar-refractivity contribution in [2.45, 2.75) is 32.4 Å². The van der Waals surface area contributed by atoms with Gasteiger partial charge in [-0.15, -0.1) is 0 Å². The first kappa shape index (κ1) is 13.0. The smallest absolute Gasteiger partial charge is 0.138 e. The fourth-order valence-electron chi connectivity index (χ4n) is 1.73. The summed E-state index contributed by atoms with van der Waals surface area (Å²) in [5, 5.41) is 14.7. The molecule has 0 aliphatic carbocycles. The molecule has 0 amide bonds. The third-order valence-corrected chi connectivity index (χ3v) is 2.87. The van der Waals surface area contributed by atoms with Crippen molar-refractivity contribution in [1.29, 1.82) is 0 Å². The minimum Gasteiger partial charge on any atom is -0.388 e. The van der Waals surface area contributed by atoms with Gasteiger partial charge in [0.1, 0.15) is 17.3 Å². The van der Waals surface area contributed by atoms with Crippen molar-refractivity contribution >= 4 is 11.6 Å². The first-order valence-electron chi connectivity index (χ1n) is 5.76. The zero-order valence-corrected chi connectivity index (χ0v) is 11.0. The lowest BCUT2D eigenvalue weighted by Gasteiger charge is -2.13. The standard InChI is InChI=1S/C12H15ClN4O/c1-8(2)17-12(15-7-16-17)5-10(18)9-3-4-11(13)14-6-9/h3-4,6-8,10,18H,5H2,1-2H3. The normalized spacial score (nSPS) is 12.9. The molecule has 0 aliphatic rings. The Labute approximate surface area is 110 Å². The molecule has 1 atom stereocenters. The second-order valence-corrected chi connectivity index (χ2v) is 4.74. The summed E-state index contributed by atoms with van der Waals surface area (Å²) >= 11 is 5.71. The van der Waals surface area contributed by atoms with Gasteiger partial charge in [0.2, 0.25) is 0 Å². The molecule has 0 aromatic carbocycles. The molecule has 0 spiro atoms. The number of rotatable bonds is 4. The van der Waals surface area contributed by atoms with Gasteiger partial charge in [0.15, 0.2) is 0 Å². The van der Waals surface area contributed by atoms with E-state index >= 15 is 0 Å². The number of aromatic nitrogens is 4. The van der Waals surface area contributed by atoms with Crippen LogP contribution in [0.3, 0.4) is 0 Å². The van der Waals surface area contributed by atoms with Crippen LogP contribution in [0.5, 0.6) is 0 Å². The zero-order valence-electron chi connectivity index (χ0n) is 10.3. The molecule has 0 aliphatic heterocycles. The summed E-state index contributed by atoms with van der Waals surface area (Å²) in [5.74, 6) is 0.757. The Balaban J connectivity index is 2.13. The van der Waals surface area contributed by atoms with Crippen molar-refractivity contribution in [2.75, 3.05) is 0 Å². The lowest BCUT2D eigenvalue weighted by Crippen LogP contribution is -2.12. The van der Waals surface area contributed by atoms with E-state index in [0.717, 1.165) is 11.4 Å². The minimum absolute atomic E-state index is 0.220. The van der Waals surface area contributed by atoms with Gasteiger partial charge in [0, 0.05) is 18.7 Å². The highest BCUT2D eigenvalue weighted by Gasteiger charge is 2.14. The summed E-state index contributed by atoms with van der Waals surface area (Å²) in [6, 6.07) is 3.64. The quantitative estimate of drug-likeness (QED) is 0.862. The highest BCUT2D eigenvalue weighted by Crippen LogP contribution is 2.18. The molecule has 0 radical (unpaired) electrons.